The Morgan fingerprint density at radius 1 is 0.485 bits per heavy atom. The molecule has 12 aliphatic rings. The lowest BCUT2D eigenvalue weighted by Crippen LogP contribution is -2.72. The molecule has 0 N–H and O–H groups in total. The normalized spacial score (nSPS) is 52.4. The zero-order chi connectivity index (χ0) is 47.8. The highest BCUT2D eigenvalue weighted by Gasteiger charge is 2.91. The van der Waals surface area contributed by atoms with Crippen LogP contribution >= 0.6 is 0 Å². The molecule has 16 heteroatoms. The second-order valence-electron chi connectivity index (χ2n) is 24.4. The van der Waals surface area contributed by atoms with E-state index in [0.29, 0.717) is 25.7 Å². The Labute approximate surface area is 393 Å². The smallest absolute Gasteiger partial charge is 0.339 e. The first kappa shape index (κ1) is 43.6. The van der Waals surface area contributed by atoms with Gasteiger partial charge in [0.15, 0.2) is 12.2 Å². The van der Waals surface area contributed by atoms with Gasteiger partial charge in [-0.15, -0.1) is 0 Å². The molecule has 68 heavy (non-hydrogen) atoms. The van der Waals surface area contributed by atoms with Crippen LogP contribution in [-0.2, 0) is 66.7 Å². The Bertz CT molecular complexity index is 2420. The van der Waals surface area contributed by atoms with Crippen LogP contribution in [0.4, 0.5) is 0 Å². The average molecular weight is 941 g/mol. The van der Waals surface area contributed by atoms with Crippen LogP contribution in [0, 0.1) is 56.2 Å². The van der Waals surface area contributed by atoms with Gasteiger partial charge in [-0.3, -0.25) is 19.2 Å². The third-order valence-corrected chi connectivity index (χ3v) is 21.5. The Balaban J connectivity index is 0.000000134. The number of fused-ring (bicyclic) bond motifs is 2. The largest absolute Gasteiger partial charge is 0.472 e. The van der Waals surface area contributed by atoms with Crippen molar-refractivity contribution in [3.8, 4) is 0 Å². The molecule has 364 valence electrons. The Morgan fingerprint density at radius 3 is 1.25 bits per heavy atom. The standard InChI is InChI=1S/2C26H30O8/c2*1-22(2)15-9-16(27)24(4)14(25(15)12-31-18(28)10-17(25)33-22)5-7-23(3)19(13-6-8-30-11-13)32-21(29)20-26(23,24)34-20/h2*6,8,11,14-15,17,19-20H,5,7,9-10,12H2,1-4H3/t2*14-,15-,17-,19-,20+,23-,24-,25+,26+/m00/s1. The molecule has 12 fully saturated rings. The predicted molar refractivity (Wildman–Crippen MR) is 228 cm³/mol. The lowest BCUT2D eigenvalue weighted by molar-refractivity contribution is -0.227. The molecule has 0 amide bonds. The third kappa shape index (κ3) is 4.61. The molecule has 8 saturated heterocycles. The molecular weight excluding hydrogens is 881 g/mol. The minimum atomic E-state index is -0.976. The number of esters is 4. The molecule has 18 atom stereocenters. The highest BCUT2D eigenvalue weighted by molar-refractivity contribution is 5.94. The number of hydrogen-bond donors (Lipinski definition) is 0. The van der Waals surface area contributed by atoms with Crippen LogP contribution in [0.15, 0.2) is 46.0 Å². The number of rotatable bonds is 2. The molecule has 4 saturated carbocycles. The van der Waals surface area contributed by atoms with Gasteiger partial charge in [0, 0.05) is 57.5 Å². The van der Waals surface area contributed by atoms with Gasteiger partial charge >= 0.3 is 23.9 Å². The van der Waals surface area contributed by atoms with Crippen LogP contribution in [0.5, 0.6) is 0 Å². The van der Waals surface area contributed by atoms with E-state index in [1.165, 1.54) is 0 Å². The van der Waals surface area contributed by atoms with Gasteiger partial charge in [-0.1, -0.05) is 13.8 Å². The second-order valence-corrected chi connectivity index (χ2v) is 24.4. The topological polar surface area (TPSA) is 209 Å². The number of ketones is 2. The number of hydrogen-bond acceptors (Lipinski definition) is 16. The first-order valence-corrected chi connectivity index (χ1v) is 24.6. The summed E-state index contributed by atoms with van der Waals surface area (Å²) in [4.78, 5) is 79.3. The van der Waals surface area contributed by atoms with Crippen molar-refractivity contribution in [2.45, 2.75) is 166 Å². The van der Waals surface area contributed by atoms with Crippen LogP contribution in [0.25, 0.3) is 0 Å². The highest BCUT2D eigenvalue weighted by Crippen LogP contribution is 2.82. The number of carbonyl (C=O) groups is 6. The number of epoxide rings is 2. The zero-order valence-electron chi connectivity index (χ0n) is 39.8. The van der Waals surface area contributed by atoms with Gasteiger partial charge in [0.25, 0.3) is 0 Å². The van der Waals surface area contributed by atoms with Gasteiger partial charge in [0.2, 0.25) is 0 Å². The quantitative estimate of drug-likeness (QED) is 0.184. The average Bonchev–Trinajstić information content (AvgIpc) is 3.99. The summed E-state index contributed by atoms with van der Waals surface area (Å²) >= 11 is 0. The molecule has 4 spiro atoms. The van der Waals surface area contributed by atoms with Gasteiger partial charge in [-0.25, -0.2) is 9.59 Å². The first-order valence-electron chi connectivity index (χ1n) is 24.6. The van der Waals surface area contributed by atoms with E-state index in [-0.39, 0.29) is 85.4 Å². The lowest BCUT2D eigenvalue weighted by atomic mass is 9.37. The highest BCUT2D eigenvalue weighted by atomic mass is 16.7. The minimum absolute atomic E-state index is 0.0677. The number of carbonyl (C=O) groups excluding carboxylic acids is 6. The summed E-state index contributed by atoms with van der Waals surface area (Å²) in [6, 6.07) is 3.63. The number of furan rings is 2. The van der Waals surface area contributed by atoms with Crippen molar-refractivity contribution < 1.29 is 75.5 Å². The van der Waals surface area contributed by atoms with Crippen molar-refractivity contribution in [2.75, 3.05) is 13.2 Å². The molecule has 0 bridgehead atoms. The summed E-state index contributed by atoms with van der Waals surface area (Å²) in [6.07, 6.45) is 6.93. The molecule has 2 aromatic rings. The predicted octanol–water partition coefficient (Wildman–Crippen LogP) is 6.27. The van der Waals surface area contributed by atoms with Gasteiger partial charge in [0.05, 0.1) is 72.1 Å². The SMILES string of the molecule is CC1(C)O[C@H]2CC(=O)OC[C@]23[C@H]2CC[C@@]4(C)[C@H](c5ccoc5)OC(=O)[C@H]5O[C@]54[C@]2(C)C(=O)C[C@@H]13.CC1(C)O[C@H]2CC(=O)OC[C@]23[C@H]2CC[C@@]4(C)[C@H](c5ccoc5)OC(=O)[C@H]5O[C@]54[C@]2(C)C(=O)C[C@@H]13. The van der Waals surface area contributed by atoms with Crippen LogP contribution in [0.3, 0.4) is 0 Å². The van der Waals surface area contributed by atoms with Crippen molar-refractivity contribution in [3.63, 3.8) is 0 Å². The molecule has 16 nitrogen and oxygen atoms in total. The van der Waals surface area contributed by atoms with E-state index in [1.54, 1.807) is 25.1 Å². The maximum absolute atomic E-state index is 14.2. The van der Waals surface area contributed by atoms with Crippen LogP contribution in [0.1, 0.15) is 130 Å². The molecule has 0 unspecified atom stereocenters. The first-order chi connectivity index (χ1) is 32.0. The summed E-state index contributed by atoms with van der Waals surface area (Å²) < 4.78 is 59.7. The van der Waals surface area contributed by atoms with Crippen molar-refractivity contribution >= 4 is 35.4 Å². The number of cyclic esters (lactones) is 4. The van der Waals surface area contributed by atoms with Gasteiger partial charge in [0.1, 0.15) is 48.2 Å². The van der Waals surface area contributed by atoms with Gasteiger partial charge in [-0.05, 0) is 91.2 Å². The fraction of sp³-hybridized carbons (Fsp3) is 0.731. The van der Waals surface area contributed by atoms with E-state index in [4.69, 9.17) is 46.7 Å². The van der Waals surface area contributed by atoms with Crippen molar-refractivity contribution in [1.82, 2.24) is 0 Å². The molecular formula is C52H60O16. The van der Waals surface area contributed by atoms with E-state index < -0.39 is 91.2 Å². The van der Waals surface area contributed by atoms with Crippen LogP contribution < -0.4 is 0 Å². The van der Waals surface area contributed by atoms with E-state index in [1.807, 2.05) is 53.7 Å². The number of ether oxygens (including phenoxy) is 8. The maximum Gasteiger partial charge on any atom is 0.339 e. The van der Waals surface area contributed by atoms with Crippen molar-refractivity contribution in [1.29, 1.82) is 0 Å². The van der Waals surface area contributed by atoms with E-state index >= 15 is 0 Å². The summed E-state index contributed by atoms with van der Waals surface area (Å²) in [5.41, 5.74) is -5.55. The van der Waals surface area contributed by atoms with E-state index in [2.05, 4.69) is 13.8 Å². The van der Waals surface area contributed by atoms with Gasteiger partial charge in [-0.2, -0.15) is 0 Å². The Morgan fingerprint density at radius 2 is 0.882 bits per heavy atom. The fourth-order valence-corrected chi connectivity index (χ4v) is 18.7. The minimum Gasteiger partial charge on any atom is -0.472 e. The molecule has 8 aliphatic heterocycles. The molecule has 0 aromatic carbocycles. The zero-order valence-corrected chi connectivity index (χ0v) is 39.8. The van der Waals surface area contributed by atoms with Crippen molar-refractivity contribution in [2.24, 2.45) is 56.2 Å². The van der Waals surface area contributed by atoms with Crippen LogP contribution in [0.2, 0.25) is 0 Å². The molecule has 14 rings (SSSR count). The maximum atomic E-state index is 14.2. The fourth-order valence-electron chi connectivity index (χ4n) is 18.7. The lowest BCUT2D eigenvalue weighted by Gasteiger charge is -2.65. The van der Waals surface area contributed by atoms with Crippen LogP contribution in [-0.4, -0.2) is 95.5 Å². The molecule has 2 aromatic heterocycles. The molecule has 0 radical (unpaired) electrons. The summed E-state index contributed by atoms with van der Waals surface area (Å²) in [5.74, 6) is -1.56. The second kappa shape index (κ2) is 12.9. The summed E-state index contributed by atoms with van der Waals surface area (Å²) in [5, 5.41) is 0. The Kier molecular flexibility index (Phi) is 8.29. The molecule has 10 heterocycles. The summed E-state index contributed by atoms with van der Waals surface area (Å²) in [7, 11) is 0. The van der Waals surface area contributed by atoms with Crippen molar-refractivity contribution in [3.05, 3.63) is 48.3 Å². The number of Topliss-reactive ketones (excluding diaryl/α,β-unsaturated/α-hetero) is 2. The third-order valence-electron chi connectivity index (χ3n) is 21.5. The monoisotopic (exact) mass is 940 g/mol. The van der Waals surface area contributed by atoms with E-state index in [9.17, 15) is 28.8 Å². The molecule has 4 aliphatic carbocycles. The van der Waals surface area contributed by atoms with Gasteiger partial charge < -0.3 is 46.7 Å². The van der Waals surface area contributed by atoms with E-state index in [0.717, 1.165) is 24.0 Å². The summed E-state index contributed by atoms with van der Waals surface area (Å²) in [6.45, 7) is 16.7. The Hall–Kier alpha value is -4.38.